The van der Waals surface area contributed by atoms with Gasteiger partial charge in [0, 0.05) is 11.8 Å². The summed E-state index contributed by atoms with van der Waals surface area (Å²) in [5.41, 5.74) is 0.328. The molecule has 1 aromatic rings. The second-order valence-corrected chi connectivity index (χ2v) is 9.30. The van der Waals surface area contributed by atoms with E-state index in [1.54, 1.807) is 30.3 Å². The van der Waals surface area contributed by atoms with Crippen molar-refractivity contribution in [1.29, 1.82) is 0 Å². The van der Waals surface area contributed by atoms with E-state index in [2.05, 4.69) is 5.32 Å². The number of hydrogen-bond acceptors (Lipinski definition) is 8. The van der Waals surface area contributed by atoms with E-state index in [0.717, 1.165) is 28.3 Å². The number of ether oxygens (including phenoxy) is 3. The number of amides is 2. The first-order valence-electron chi connectivity index (χ1n) is 10.8. The number of thioether (sulfide) groups is 1. The number of alkyl halides is 3. The Kier molecular flexibility index (Phi) is 7.29. The molecule has 3 aliphatic rings. The fraction of sp³-hybridized carbons (Fsp3) is 0.391. The van der Waals surface area contributed by atoms with Gasteiger partial charge in [-0.3, -0.25) is 14.5 Å². The number of cyclic esters (lactones) is 2. The molecule has 0 saturated carbocycles. The third kappa shape index (κ3) is 5.66. The molecule has 4 rings (SSSR count). The lowest BCUT2D eigenvalue weighted by Crippen LogP contribution is -2.70. The van der Waals surface area contributed by atoms with Crippen LogP contribution in [0.25, 0.3) is 0 Å². The number of nitrogens with zero attached hydrogens (tertiary/aromatic N) is 1. The lowest BCUT2D eigenvalue weighted by Gasteiger charge is -2.49. The maximum atomic E-state index is 12.9. The molecule has 9 nitrogen and oxygen atoms in total. The van der Waals surface area contributed by atoms with Crippen LogP contribution in [0.4, 0.5) is 18.0 Å². The Hall–Kier alpha value is -3.48. The molecule has 3 aliphatic heterocycles. The molecule has 0 bridgehead atoms. The molecule has 3 heterocycles. The summed E-state index contributed by atoms with van der Waals surface area (Å²) in [7, 11) is 0. The van der Waals surface area contributed by atoms with Crippen molar-refractivity contribution in [3.63, 3.8) is 0 Å². The molecule has 36 heavy (non-hydrogen) atoms. The van der Waals surface area contributed by atoms with Gasteiger partial charge in [-0.1, -0.05) is 36.4 Å². The van der Waals surface area contributed by atoms with Crippen LogP contribution in [0.5, 0.6) is 0 Å². The van der Waals surface area contributed by atoms with E-state index in [4.69, 9.17) is 14.2 Å². The second kappa shape index (κ2) is 10.2. The summed E-state index contributed by atoms with van der Waals surface area (Å²) >= 11 is 1.11. The first-order valence-corrected chi connectivity index (χ1v) is 11.9. The van der Waals surface area contributed by atoms with Crippen LogP contribution in [0, 0.1) is 0 Å². The fourth-order valence-electron chi connectivity index (χ4n) is 3.83. The van der Waals surface area contributed by atoms with E-state index < -0.39 is 60.3 Å². The highest BCUT2D eigenvalue weighted by Gasteiger charge is 2.54. The zero-order valence-corrected chi connectivity index (χ0v) is 19.6. The Morgan fingerprint density at radius 1 is 1.22 bits per heavy atom. The van der Waals surface area contributed by atoms with Crippen LogP contribution >= 0.6 is 11.8 Å². The van der Waals surface area contributed by atoms with Gasteiger partial charge >= 0.3 is 18.3 Å². The zero-order chi connectivity index (χ0) is 26.0. The molecule has 0 aliphatic carbocycles. The SMILES string of the molecule is CC1OC(=O)OC1COC(=O)C1=C(/C=C/C(F)(F)F)CSC2C(NC(=O)Cc3ccccc3)C(=O)N12. The Labute approximate surface area is 207 Å². The molecule has 1 aromatic carbocycles. The Balaban J connectivity index is 1.49. The van der Waals surface area contributed by atoms with E-state index in [-0.39, 0.29) is 29.5 Å². The van der Waals surface area contributed by atoms with Crippen molar-refractivity contribution in [2.45, 2.75) is 43.1 Å². The van der Waals surface area contributed by atoms with Crippen molar-refractivity contribution in [1.82, 2.24) is 10.2 Å². The number of allylic oxidation sites excluding steroid dienone is 2. The summed E-state index contributed by atoms with van der Waals surface area (Å²) in [4.78, 5) is 50.5. The lowest BCUT2D eigenvalue weighted by molar-refractivity contribution is -0.154. The molecular weight excluding hydrogens is 505 g/mol. The van der Waals surface area contributed by atoms with Crippen LogP contribution in [-0.2, 0) is 35.0 Å². The number of carbonyl (C=O) groups excluding carboxylic acids is 4. The summed E-state index contributed by atoms with van der Waals surface area (Å²) < 4.78 is 53.2. The van der Waals surface area contributed by atoms with Gasteiger partial charge in [0.2, 0.25) is 5.91 Å². The highest BCUT2D eigenvalue weighted by molar-refractivity contribution is 8.00. The minimum absolute atomic E-state index is 0.0332. The average molecular weight is 526 g/mol. The van der Waals surface area contributed by atoms with Crippen LogP contribution < -0.4 is 5.32 Å². The predicted octanol–water partition coefficient (Wildman–Crippen LogP) is 2.47. The molecule has 4 atom stereocenters. The van der Waals surface area contributed by atoms with Crippen molar-refractivity contribution < 1.29 is 46.6 Å². The summed E-state index contributed by atoms with van der Waals surface area (Å²) in [6.45, 7) is 1.11. The van der Waals surface area contributed by atoms with Gasteiger partial charge < -0.3 is 19.5 Å². The zero-order valence-electron chi connectivity index (χ0n) is 18.8. The Morgan fingerprint density at radius 3 is 2.58 bits per heavy atom. The minimum Gasteiger partial charge on any atom is -0.457 e. The number of hydrogen-bond donors (Lipinski definition) is 1. The van der Waals surface area contributed by atoms with Gasteiger partial charge in [0.25, 0.3) is 5.91 Å². The number of rotatable bonds is 7. The molecule has 2 fully saturated rings. The number of fused-ring (bicyclic) bond motifs is 1. The standard InChI is InChI=1S/C23H21F3N2O7S/c1-12-15(35-22(32)34-12)10-33-21(31)18-14(7-8-23(24,25)26)11-36-20-17(19(30)28(18)20)27-16(29)9-13-5-3-2-4-6-13/h2-8,12,15,17,20H,9-11H2,1H3,(H,27,29)/b8-7+. The van der Waals surface area contributed by atoms with E-state index in [1.807, 2.05) is 0 Å². The number of esters is 1. The smallest absolute Gasteiger partial charge is 0.457 e. The molecule has 2 saturated heterocycles. The van der Waals surface area contributed by atoms with Gasteiger partial charge in [-0.05, 0) is 18.1 Å². The quantitative estimate of drug-likeness (QED) is 0.426. The number of carbonyl (C=O) groups is 4. The maximum Gasteiger partial charge on any atom is 0.509 e. The molecule has 1 N–H and O–H groups in total. The largest absolute Gasteiger partial charge is 0.509 e. The predicted molar refractivity (Wildman–Crippen MR) is 119 cm³/mol. The van der Waals surface area contributed by atoms with Crippen LogP contribution in [0.3, 0.4) is 0 Å². The molecule has 2 amide bonds. The van der Waals surface area contributed by atoms with Crippen LogP contribution in [0.15, 0.2) is 53.8 Å². The van der Waals surface area contributed by atoms with E-state index in [1.165, 1.54) is 6.92 Å². The van der Waals surface area contributed by atoms with Gasteiger partial charge in [-0.25, -0.2) is 9.59 Å². The monoisotopic (exact) mass is 526 g/mol. The highest BCUT2D eigenvalue weighted by atomic mass is 32.2. The third-order valence-corrected chi connectivity index (χ3v) is 6.92. The first-order chi connectivity index (χ1) is 17.0. The fourth-order valence-corrected chi connectivity index (χ4v) is 5.15. The van der Waals surface area contributed by atoms with Crippen molar-refractivity contribution >= 4 is 35.7 Å². The van der Waals surface area contributed by atoms with Gasteiger partial charge in [0.15, 0.2) is 6.10 Å². The first kappa shape index (κ1) is 25.6. The summed E-state index contributed by atoms with van der Waals surface area (Å²) in [6.07, 6.45) is -6.45. The number of halogens is 3. The average Bonchev–Trinajstić information content (AvgIpc) is 3.15. The van der Waals surface area contributed by atoms with E-state index in [9.17, 15) is 32.3 Å². The summed E-state index contributed by atoms with van der Waals surface area (Å²) in [5, 5.41) is 1.93. The second-order valence-electron chi connectivity index (χ2n) is 8.19. The molecule has 0 aromatic heterocycles. The number of β-lactam (4-membered cyclic amide) rings is 1. The van der Waals surface area contributed by atoms with Crippen LogP contribution in [-0.4, -0.2) is 71.0 Å². The van der Waals surface area contributed by atoms with Crippen molar-refractivity contribution in [2.24, 2.45) is 0 Å². The molecule has 192 valence electrons. The van der Waals surface area contributed by atoms with E-state index >= 15 is 0 Å². The van der Waals surface area contributed by atoms with Crippen molar-refractivity contribution in [3.8, 4) is 0 Å². The summed E-state index contributed by atoms with van der Waals surface area (Å²) in [6, 6.07) is 7.91. The van der Waals surface area contributed by atoms with Gasteiger partial charge in [0.05, 0.1) is 6.42 Å². The maximum absolute atomic E-state index is 12.9. The Morgan fingerprint density at radius 2 is 1.94 bits per heavy atom. The molecule has 4 unspecified atom stereocenters. The third-order valence-electron chi connectivity index (χ3n) is 5.62. The minimum atomic E-state index is -4.64. The van der Waals surface area contributed by atoms with Gasteiger partial charge in [0.1, 0.15) is 29.8 Å². The summed E-state index contributed by atoms with van der Waals surface area (Å²) in [5.74, 6) is -2.15. The normalized spacial score (nSPS) is 25.7. The van der Waals surface area contributed by atoms with Crippen molar-refractivity contribution in [2.75, 3.05) is 12.4 Å². The van der Waals surface area contributed by atoms with Crippen LogP contribution in [0.2, 0.25) is 0 Å². The van der Waals surface area contributed by atoms with Gasteiger partial charge in [-0.2, -0.15) is 13.2 Å². The molecule has 0 spiro atoms. The molecular formula is C23H21F3N2O7S. The number of benzene rings is 1. The van der Waals surface area contributed by atoms with E-state index in [0.29, 0.717) is 0 Å². The van der Waals surface area contributed by atoms with Crippen molar-refractivity contribution in [3.05, 3.63) is 59.3 Å². The molecule has 0 radical (unpaired) electrons. The highest BCUT2D eigenvalue weighted by Crippen LogP contribution is 2.41. The Bertz CT molecular complexity index is 1120. The number of nitrogens with one attached hydrogen (secondary N) is 1. The van der Waals surface area contributed by atoms with Gasteiger partial charge in [-0.15, -0.1) is 11.8 Å². The molecule has 13 heteroatoms. The lowest BCUT2D eigenvalue weighted by atomic mass is 10.0. The van der Waals surface area contributed by atoms with Crippen LogP contribution in [0.1, 0.15) is 12.5 Å². The topological polar surface area (TPSA) is 111 Å².